The second kappa shape index (κ2) is 7.87. The molecule has 3 rings (SSSR count). The van der Waals surface area contributed by atoms with Gasteiger partial charge in [-0.2, -0.15) is 0 Å². The molecule has 1 aromatic carbocycles. The van der Waals surface area contributed by atoms with Gasteiger partial charge in [-0.25, -0.2) is 23.5 Å². The van der Waals surface area contributed by atoms with Crippen LogP contribution >= 0.6 is 15.9 Å². The van der Waals surface area contributed by atoms with Crippen molar-refractivity contribution >= 4 is 33.4 Å². The molecule has 0 fully saturated rings. The highest BCUT2D eigenvalue weighted by atomic mass is 79.9. The highest BCUT2D eigenvalue weighted by molar-refractivity contribution is 9.10. The number of ether oxygens (including phenoxy) is 2. The molecule has 0 bridgehead atoms. The second-order valence-corrected chi connectivity index (χ2v) is 6.25. The fraction of sp³-hybridized carbons (Fsp3) is 0.235. The van der Waals surface area contributed by atoms with Gasteiger partial charge in [0.05, 0.1) is 23.7 Å². The number of benzene rings is 1. The summed E-state index contributed by atoms with van der Waals surface area (Å²) in [6.45, 7) is 1.93. The summed E-state index contributed by atoms with van der Waals surface area (Å²) >= 11 is 3.34. The predicted octanol–water partition coefficient (Wildman–Crippen LogP) is 3.57. The monoisotopic (exact) mass is 440 g/mol. The smallest absolute Gasteiger partial charge is 0.359 e. The molecule has 0 spiro atoms. The van der Waals surface area contributed by atoms with Crippen molar-refractivity contribution in [2.45, 2.75) is 13.5 Å². The molecule has 27 heavy (non-hydrogen) atoms. The van der Waals surface area contributed by atoms with Crippen LogP contribution in [0.25, 0.3) is 5.52 Å². The number of hydrogen-bond donors (Lipinski definition) is 1. The van der Waals surface area contributed by atoms with Crippen molar-refractivity contribution in [1.82, 2.24) is 14.4 Å². The fourth-order valence-electron chi connectivity index (χ4n) is 2.50. The van der Waals surface area contributed by atoms with Crippen molar-refractivity contribution in [2.75, 3.05) is 19.0 Å². The summed E-state index contributed by atoms with van der Waals surface area (Å²) in [5.41, 5.74) is 0.781. The summed E-state index contributed by atoms with van der Waals surface area (Å²) in [4.78, 5) is 20.3. The van der Waals surface area contributed by atoms with Crippen LogP contribution in [-0.2, 0) is 11.3 Å². The predicted molar refractivity (Wildman–Crippen MR) is 96.9 cm³/mol. The van der Waals surface area contributed by atoms with E-state index in [1.54, 1.807) is 6.92 Å². The van der Waals surface area contributed by atoms with Crippen LogP contribution in [0.1, 0.15) is 23.0 Å². The van der Waals surface area contributed by atoms with Gasteiger partial charge < -0.3 is 14.8 Å². The van der Waals surface area contributed by atoms with Gasteiger partial charge in [-0.1, -0.05) is 0 Å². The van der Waals surface area contributed by atoms with Gasteiger partial charge in [0.1, 0.15) is 12.1 Å². The average molecular weight is 441 g/mol. The summed E-state index contributed by atoms with van der Waals surface area (Å²) in [7, 11) is 1.30. The number of carbonyl (C=O) groups excluding carboxylic acids is 1. The van der Waals surface area contributed by atoms with E-state index < -0.39 is 17.6 Å². The van der Waals surface area contributed by atoms with E-state index in [4.69, 9.17) is 9.47 Å². The van der Waals surface area contributed by atoms with Crippen LogP contribution in [0.5, 0.6) is 5.75 Å². The number of anilines is 1. The number of halogens is 3. The Morgan fingerprint density at radius 3 is 2.78 bits per heavy atom. The van der Waals surface area contributed by atoms with E-state index in [1.807, 2.05) is 0 Å². The lowest BCUT2D eigenvalue weighted by Crippen LogP contribution is -2.09. The van der Waals surface area contributed by atoms with Crippen LogP contribution in [0, 0.1) is 11.6 Å². The van der Waals surface area contributed by atoms with Crippen molar-refractivity contribution in [1.29, 1.82) is 0 Å². The molecule has 2 heterocycles. The molecule has 0 amide bonds. The highest BCUT2D eigenvalue weighted by Crippen LogP contribution is 2.25. The van der Waals surface area contributed by atoms with E-state index >= 15 is 0 Å². The maximum Gasteiger partial charge on any atom is 0.359 e. The molecule has 3 aromatic rings. The Morgan fingerprint density at radius 1 is 1.30 bits per heavy atom. The molecule has 2 aromatic heterocycles. The van der Waals surface area contributed by atoms with E-state index in [-0.39, 0.29) is 30.2 Å². The minimum atomic E-state index is -0.781. The molecule has 0 aliphatic heterocycles. The number of fused-ring (bicyclic) bond motifs is 1. The summed E-state index contributed by atoms with van der Waals surface area (Å²) < 4.78 is 39.5. The fourth-order valence-corrected chi connectivity index (χ4v) is 2.98. The van der Waals surface area contributed by atoms with E-state index in [0.717, 1.165) is 6.07 Å². The quantitative estimate of drug-likeness (QED) is 0.590. The second-order valence-electron chi connectivity index (χ2n) is 5.39. The van der Waals surface area contributed by atoms with Gasteiger partial charge in [0.25, 0.3) is 0 Å². The third-order valence-corrected chi connectivity index (χ3v) is 4.33. The number of carbonyl (C=O) groups is 1. The van der Waals surface area contributed by atoms with Crippen molar-refractivity contribution < 1.29 is 23.0 Å². The largest absolute Gasteiger partial charge is 0.494 e. The Kier molecular flexibility index (Phi) is 5.54. The number of nitrogens with zero attached hydrogens (tertiary/aromatic N) is 3. The lowest BCUT2D eigenvalue weighted by molar-refractivity contribution is 0.0522. The first-order valence-electron chi connectivity index (χ1n) is 7.90. The Balaban J connectivity index is 1.93. The van der Waals surface area contributed by atoms with E-state index in [1.165, 1.54) is 30.1 Å². The standard InChI is InChI=1S/C17H15BrF2N4O3/c1-3-27-16(25)14-15-10(18)7-22-17(24(15)8-23-14)21-6-9-4-13(26-2)12(20)5-11(9)19/h4-5,7-8H,3,6H2,1-2H3,(H,21,22). The van der Waals surface area contributed by atoms with Crippen molar-refractivity contribution in [3.8, 4) is 5.75 Å². The van der Waals surface area contributed by atoms with Crippen LogP contribution in [0.15, 0.2) is 29.1 Å². The summed E-state index contributed by atoms with van der Waals surface area (Å²) in [6, 6.07) is 2.03. The zero-order chi connectivity index (χ0) is 19.6. The van der Waals surface area contributed by atoms with Crippen molar-refractivity contribution in [3.05, 3.63) is 52.0 Å². The number of esters is 1. The first-order chi connectivity index (χ1) is 13.0. The van der Waals surface area contributed by atoms with Gasteiger partial charge in [-0.05, 0) is 28.9 Å². The number of aromatic nitrogens is 3. The summed E-state index contributed by atoms with van der Waals surface area (Å²) in [6.07, 6.45) is 2.90. The lowest BCUT2D eigenvalue weighted by Gasteiger charge is -2.11. The number of methoxy groups -OCH3 is 1. The van der Waals surface area contributed by atoms with Gasteiger partial charge in [-0.3, -0.25) is 4.40 Å². The van der Waals surface area contributed by atoms with Crippen LogP contribution in [0.2, 0.25) is 0 Å². The van der Waals surface area contributed by atoms with E-state index in [2.05, 4.69) is 31.2 Å². The lowest BCUT2D eigenvalue weighted by atomic mass is 10.2. The third-order valence-electron chi connectivity index (χ3n) is 3.75. The minimum absolute atomic E-state index is 0.0130. The molecule has 0 aliphatic rings. The molecule has 0 saturated carbocycles. The molecule has 0 radical (unpaired) electrons. The molecule has 0 saturated heterocycles. The van der Waals surface area contributed by atoms with Gasteiger partial charge in [0, 0.05) is 24.4 Å². The maximum atomic E-state index is 14.0. The number of imidazole rings is 1. The Morgan fingerprint density at radius 2 is 2.07 bits per heavy atom. The molecular weight excluding hydrogens is 426 g/mol. The molecule has 1 N–H and O–H groups in total. The van der Waals surface area contributed by atoms with E-state index in [0.29, 0.717) is 15.9 Å². The Hall–Kier alpha value is -2.75. The number of rotatable bonds is 6. The Labute approximate surface area is 161 Å². The molecule has 0 aliphatic carbocycles. The van der Waals surface area contributed by atoms with Gasteiger partial charge in [0.15, 0.2) is 17.3 Å². The van der Waals surface area contributed by atoms with Gasteiger partial charge >= 0.3 is 5.97 Å². The Bertz CT molecular complexity index is 1010. The first-order valence-corrected chi connectivity index (χ1v) is 8.70. The van der Waals surface area contributed by atoms with Crippen LogP contribution in [0.3, 0.4) is 0 Å². The van der Waals surface area contributed by atoms with Crippen LogP contribution in [0.4, 0.5) is 14.7 Å². The summed E-state index contributed by atoms with van der Waals surface area (Å²) in [5, 5.41) is 2.95. The maximum absolute atomic E-state index is 14.0. The first kappa shape index (κ1) is 19.0. The molecule has 0 atom stereocenters. The molecule has 7 nitrogen and oxygen atoms in total. The van der Waals surface area contributed by atoms with Crippen LogP contribution in [-0.4, -0.2) is 34.1 Å². The number of hydrogen-bond acceptors (Lipinski definition) is 6. The van der Waals surface area contributed by atoms with Crippen molar-refractivity contribution in [3.63, 3.8) is 0 Å². The minimum Gasteiger partial charge on any atom is -0.494 e. The average Bonchev–Trinajstić information content (AvgIpc) is 3.09. The zero-order valence-electron chi connectivity index (χ0n) is 14.4. The van der Waals surface area contributed by atoms with Gasteiger partial charge in [0.2, 0.25) is 5.95 Å². The van der Waals surface area contributed by atoms with Crippen LogP contribution < -0.4 is 10.1 Å². The molecule has 10 heteroatoms. The third kappa shape index (κ3) is 3.70. The summed E-state index contributed by atoms with van der Waals surface area (Å²) in [5.74, 6) is -1.80. The van der Waals surface area contributed by atoms with Crippen molar-refractivity contribution in [2.24, 2.45) is 0 Å². The number of nitrogens with one attached hydrogen (secondary N) is 1. The molecule has 0 unspecified atom stereocenters. The highest BCUT2D eigenvalue weighted by Gasteiger charge is 2.19. The van der Waals surface area contributed by atoms with Gasteiger partial charge in [-0.15, -0.1) is 0 Å². The zero-order valence-corrected chi connectivity index (χ0v) is 16.0. The topological polar surface area (TPSA) is 77.8 Å². The molecular formula is C17H15BrF2N4O3. The van der Waals surface area contributed by atoms with E-state index in [9.17, 15) is 13.6 Å². The molecule has 142 valence electrons. The SMILES string of the molecule is CCOC(=O)c1ncn2c(NCc3cc(OC)c(F)cc3F)ncc(Br)c12. The normalized spacial score (nSPS) is 10.9.